The summed E-state index contributed by atoms with van der Waals surface area (Å²) in [6.07, 6.45) is 2.84. The second kappa shape index (κ2) is 7.13. The molecule has 1 atom stereocenters. The summed E-state index contributed by atoms with van der Waals surface area (Å²) in [5.74, 6) is -0.298. The van der Waals surface area contributed by atoms with Crippen molar-refractivity contribution in [3.63, 3.8) is 0 Å². The van der Waals surface area contributed by atoms with Gasteiger partial charge in [0.25, 0.3) is 0 Å². The van der Waals surface area contributed by atoms with E-state index in [1.54, 1.807) is 12.1 Å². The van der Waals surface area contributed by atoms with Crippen LogP contribution < -0.4 is 10.6 Å². The van der Waals surface area contributed by atoms with Crippen LogP contribution >= 0.6 is 12.2 Å². The van der Waals surface area contributed by atoms with Gasteiger partial charge in [-0.15, -0.1) is 0 Å². The second-order valence-corrected chi connectivity index (χ2v) is 5.18. The van der Waals surface area contributed by atoms with Gasteiger partial charge in [0.05, 0.1) is 11.7 Å². The molecule has 0 aliphatic rings. The van der Waals surface area contributed by atoms with Gasteiger partial charge in [0.2, 0.25) is 0 Å². The van der Waals surface area contributed by atoms with Crippen molar-refractivity contribution < 1.29 is 4.39 Å². The Bertz CT molecular complexity index is 613. The molecule has 110 valence electrons. The predicted molar refractivity (Wildman–Crippen MR) is 87.8 cm³/mol. The topological polar surface area (TPSA) is 37.0 Å². The first kappa shape index (κ1) is 15.4. The number of aromatic nitrogens is 1. The van der Waals surface area contributed by atoms with Crippen LogP contribution in [-0.2, 0) is 6.42 Å². The SMILES string of the molecule is CCc1ccc(C(C)NC(=S)Nc2cccc(F)c2)nc1. The van der Waals surface area contributed by atoms with Crippen LogP contribution in [0.25, 0.3) is 0 Å². The highest BCUT2D eigenvalue weighted by Gasteiger charge is 2.08. The molecule has 2 rings (SSSR count). The van der Waals surface area contributed by atoms with Gasteiger partial charge < -0.3 is 10.6 Å². The van der Waals surface area contributed by atoms with E-state index in [2.05, 4.69) is 28.6 Å². The average Bonchev–Trinajstić information content (AvgIpc) is 2.47. The summed E-state index contributed by atoms with van der Waals surface area (Å²) in [7, 11) is 0. The molecule has 1 aromatic carbocycles. The summed E-state index contributed by atoms with van der Waals surface area (Å²) >= 11 is 5.23. The Morgan fingerprint density at radius 2 is 2.14 bits per heavy atom. The molecule has 1 aromatic heterocycles. The van der Waals surface area contributed by atoms with Crippen LogP contribution in [0.1, 0.15) is 31.1 Å². The summed E-state index contributed by atoms with van der Waals surface area (Å²) in [6, 6.07) is 10.2. The number of pyridine rings is 1. The number of nitrogens with zero attached hydrogens (tertiary/aromatic N) is 1. The Hall–Kier alpha value is -2.01. The smallest absolute Gasteiger partial charge is 0.171 e. The van der Waals surface area contributed by atoms with E-state index < -0.39 is 0 Å². The van der Waals surface area contributed by atoms with Gasteiger partial charge in [0.15, 0.2) is 5.11 Å². The molecule has 0 radical (unpaired) electrons. The highest BCUT2D eigenvalue weighted by Crippen LogP contribution is 2.12. The van der Waals surface area contributed by atoms with Crippen molar-refractivity contribution in [1.82, 2.24) is 10.3 Å². The third kappa shape index (κ3) is 4.49. The fraction of sp³-hybridized carbons (Fsp3) is 0.250. The minimum absolute atomic E-state index is 0.0236. The molecule has 2 N–H and O–H groups in total. The van der Waals surface area contributed by atoms with Gasteiger partial charge in [0.1, 0.15) is 5.82 Å². The number of rotatable bonds is 4. The van der Waals surface area contributed by atoms with Crippen LogP contribution in [0.5, 0.6) is 0 Å². The molecule has 0 aliphatic carbocycles. The monoisotopic (exact) mass is 303 g/mol. The fourth-order valence-electron chi connectivity index (χ4n) is 1.91. The van der Waals surface area contributed by atoms with Crippen LogP contribution in [-0.4, -0.2) is 10.1 Å². The molecule has 0 fully saturated rings. The number of halogens is 1. The lowest BCUT2D eigenvalue weighted by atomic mass is 10.1. The quantitative estimate of drug-likeness (QED) is 0.842. The van der Waals surface area contributed by atoms with E-state index in [9.17, 15) is 4.39 Å². The van der Waals surface area contributed by atoms with Gasteiger partial charge in [0, 0.05) is 11.9 Å². The molecular weight excluding hydrogens is 285 g/mol. The van der Waals surface area contributed by atoms with Gasteiger partial charge in [-0.25, -0.2) is 4.39 Å². The summed E-state index contributed by atoms with van der Waals surface area (Å²) < 4.78 is 13.1. The van der Waals surface area contributed by atoms with Crippen LogP contribution in [0.4, 0.5) is 10.1 Å². The Balaban J connectivity index is 1.95. The maximum atomic E-state index is 13.1. The van der Waals surface area contributed by atoms with Gasteiger partial charge in [-0.2, -0.15) is 0 Å². The van der Waals surface area contributed by atoms with E-state index in [1.165, 1.54) is 17.7 Å². The lowest BCUT2D eigenvalue weighted by Gasteiger charge is -2.17. The van der Waals surface area contributed by atoms with Crippen LogP contribution in [0.3, 0.4) is 0 Å². The van der Waals surface area contributed by atoms with E-state index in [1.807, 2.05) is 19.2 Å². The van der Waals surface area contributed by atoms with Gasteiger partial charge in [-0.3, -0.25) is 4.98 Å². The molecule has 2 aromatic rings. The Morgan fingerprint density at radius 1 is 1.33 bits per heavy atom. The molecule has 0 bridgehead atoms. The average molecular weight is 303 g/mol. The van der Waals surface area contributed by atoms with Crippen LogP contribution in [0.2, 0.25) is 0 Å². The Morgan fingerprint density at radius 3 is 2.76 bits per heavy atom. The first-order valence-electron chi connectivity index (χ1n) is 6.86. The van der Waals surface area contributed by atoms with Crippen molar-refractivity contribution in [3.05, 3.63) is 59.7 Å². The van der Waals surface area contributed by atoms with E-state index in [-0.39, 0.29) is 11.9 Å². The zero-order chi connectivity index (χ0) is 15.2. The number of nitrogens with one attached hydrogen (secondary N) is 2. The molecule has 0 saturated heterocycles. The van der Waals surface area contributed by atoms with Crippen LogP contribution in [0.15, 0.2) is 42.6 Å². The molecule has 5 heteroatoms. The predicted octanol–water partition coefficient (Wildman–Crippen LogP) is 3.83. The summed E-state index contributed by atoms with van der Waals surface area (Å²) in [5, 5.41) is 6.53. The van der Waals surface area contributed by atoms with E-state index in [0.29, 0.717) is 10.8 Å². The molecule has 21 heavy (non-hydrogen) atoms. The Kier molecular flexibility index (Phi) is 5.22. The van der Waals surface area contributed by atoms with E-state index in [4.69, 9.17) is 12.2 Å². The molecule has 1 unspecified atom stereocenters. The van der Waals surface area contributed by atoms with Crippen molar-refractivity contribution in [2.24, 2.45) is 0 Å². The third-order valence-electron chi connectivity index (χ3n) is 3.13. The minimum atomic E-state index is -0.298. The normalized spacial score (nSPS) is 11.8. The molecule has 0 saturated carbocycles. The minimum Gasteiger partial charge on any atom is -0.354 e. The van der Waals surface area contributed by atoms with E-state index in [0.717, 1.165) is 12.1 Å². The number of hydrogen-bond donors (Lipinski definition) is 2. The molecule has 0 amide bonds. The summed E-state index contributed by atoms with van der Waals surface area (Å²) in [5.41, 5.74) is 2.73. The first-order valence-corrected chi connectivity index (χ1v) is 7.27. The maximum Gasteiger partial charge on any atom is 0.171 e. The highest BCUT2D eigenvalue weighted by molar-refractivity contribution is 7.80. The molecule has 0 aliphatic heterocycles. The van der Waals surface area contributed by atoms with E-state index >= 15 is 0 Å². The molecule has 1 heterocycles. The number of anilines is 1. The van der Waals surface area contributed by atoms with Crippen molar-refractivity contribution >= 4 is 23.0 Å². The largest absolute Gasteiger partial charge is 0.354 e. The fourth-order valence-corrected chi connectivity index (χ4v) is 2.20. The first-order chi connectivity index (χ1) is 10.1. The lowest BCUT2D eigenvalue weighted by molar-refractivity contribution is 0.628. The summed E-state index contributed by atoms with van der Waals surface area (Å²) in [6.45, 7) is 4.07. The number of benzene rings is 1. The zero-order valence-corrected chi connectivity index (χ0v) is 12.9. The lowest BCUT2D eigenvalue weighted by Crippen LogP contribution is -2.31. The van der Waals surface area contributed by atoms with Gasteiger partial charge in [-0.1, -0.05) is 19.1 Å². The number of thiocarbonyl (C=S) groups is 1. The van der Waals surface area contributed by atoms with Crippen molar-refractivity contribution in [1.29, 1.82) is 0 Å². The van der Waals surface area contributed by atoms with Crippen molar-refractivity contribution in [2.45, 2.75) is 26.3 Å². The molecule has 3 nitrogen and oxygen atoms in total. The second-order valence-electron chi connectivity index (χ2n) is 4.78. The molecular formula is C16H18FN3S. The number of hydrogen-bond acceptors (Lipinski definition) is 2. The maximum absolute atomic E-state index is 13.1. The molecule has 0 spiro atoms. The zero-order valence-electron chi connectivity index (χ0n) is 12.1. The standard InChI is InChI=1S/C16H18FN3S/c1-3-12-7-8-15(18-10-12)11(2)19-16(21)20-14-6-4-5-13(17)9-14/h4-11H,3H2,1-2H3,(H2,19,20,21). The number of aryl methyl sites for hydroxylation is 1. The highest BCUT2D eigenvalue weighted by atomic mass is 32.1. The Labute approximate surface area is 129 Å². The van der Waals surface area contributed by atoms with Gasteiger partial charge in [-0.05, 0) is 55.4 Å². The summed E-state index contributed by atoms with van der Waals surface area (Å²) in [4.78, 5) is 4.41. The van der Waals surface area contributed by atoms with Crippen molar-refractivity contribution in [2.75, 3.05) is 5.32 Å². The van der Waals surface area contributed by atoms with Gasteiger partial charge >= 0.3 is 0 Å². The third-order valence-corrected chi connectivity index (χ3v) is 3.35. The van der Waals surface area contributed by atoms with Crippen molar-refractivity contribution in [3.8, 4) is 0 Å². The van der Waals surface area contributed by atoms with Crippen LogP contribution in [0, 0.1) is 5.82 Å².